The Morgan fingerprint density at radius 1 is 0.944 bits per heavy atom. The van der Waals surface area contributed by atoms with E-state index in [0.29, 0.717) is 5.56 Å². The van der Waals surface area contributed by atoms with Crippen LogP contribution in [0, 0.1) is 5.82 Å². The van der Waals surface area contributed by atoms with E-state index in [1.54, 1.807) is 0 Å². The van der Waals surface area contributed by atoms with Crippen molar-refractivity contribution in [3.05, 3.63) is 47.3 Å². The van der Waals surface area contributed by atoms with Crippen LogP contribution in [-0.2, 0) is 13.2 Å². The molecule has 3 rings (SSSR count). The first-order valence-corrected chi connectivity index (χ1v) is 6.40. The fourth-order valence-electron chi connectivity index (χ4n) is 2.23. The largest absolute Gasteiger partial charge is 0.392 e. The van der Waals surface area contributed by atoms with Crippen LogP contribution in [-0.4, -0.2) is 10.2 Å². The van der Waals surface area contributed by atoms with Crippen LogP contribution in [0.3, 0.4) is 0 Å². The van der Waals surface area contributed by atoms with Crippen LogP contribution in [0.15, 0.2) is 30.3 Å². The molecule has 0 radical (unpaired) electrons. The molecule has 2 N–H and O–H groups in total. The molecule has 0 saturated heterocycles. The Bertz CT molecular complexity index is 733. The molecule has 0 fully saturated rings. The third-order valence-electron chi connectivity index (χ3n) is 3.06. The first-order chi connectivity index (χ1) is 8.74. The Morgan fingerprint density at radius 3 is 2.39 bits per heavy atom. The van der Waals surface area contributed by atoms with Crippen LogP contribution >= 0.6 is 11.3 Å². The summed E-state index contributed by atoms with van der Waals surface area (Å²) in [5.74, 6) is -0.347. The van der Waals surface area contributed by atoms with E-state index in [1.165, 1.54) is 23.5 Å². The molecule has 1 aromatic heterocycles. The number of aliphatic hydroxyl groups is 2. The minimum atomic E-state index is -0.347. The van der Waals surface area contributed by atoms with E-state index in [2.05, 4.69) is 0 Å². The van der Waals surface area contributed by atoms with Crippen molar-refractivity contribution in [1.29, 1.82) is 0 Å². The summed E-state index contributed by atoms with van der Waals surface area (Å²) in [5.41, 5.74) is 1.42. The van der Waals surface area contributed by atoms with Gasteiger partial charge in [0.05, 0.1) is 13.2 Å². The molecule has 0 unspecified atom stereocenters. The van der Waals surface area contributed by atoms with Crippen LogP contribution in [0.5, 0.6) is 0 Å². The van der Waals surface area contributed by atoms with E-state index in [9.17, 15) is 14.6 Å². The third-order valence-corrected chi connectivity index (χ3v) is 4.43. The van der Waals surface area contributed by atoms with E-state index in [1.807, 2.05) is 18.2 Å². The predicted octanol–water partition coefficient (Wildman–Crippen LogP) is 3.18. The molecule has 92 valence electrons. The van der Waals surface area contributed by atoms with Crippen molar-refractivity contribution >= 4 is 31.5 Å². The first-order valence-electron chi connectivity index (χ1n) is 5.59. The summed E-state index contributed by atoms with van der Waals surface area (Å²) in [4.78, 5) is 0. The van der Waals surface area contributed by atoms with Gasteiger partial charge in [0.25, 0.3) is 0 Å². The molecule has 0 aliphatic heterocycles. The number of fused-ring (bicyclic) bond motifs is 3. The minimum absolute atomic E-state index is 0.0406. The van der Waals surface area contributed by atoms with Crippen molar-refractivity contribution in [2.75, 3.05) is 0 Å². The fraction of sp³-hybridized carbons (Fsp3) is 0.143. The Morgan fingerprint density at radius 2 is 1.67 bits per heavy atom. The number of hydrogen-bond acceptors (Lipinski definition) is 3. The van der Waals surface area contributed by atoms with E-state index >= 15 is 0 Å². The van der Waals surface area contributed by atoms with E-state index in [4.69, 9.17) is 0 Å². The number of thiophene rings is 1. The second-order valence-electron chi connectivity index (χ2n) is 4.15. The molecule has 4 heteroatoms. The topological polar surface area (TPSA) is 40.5 Å². The summed E-state index contributed by atoms with van der Waals surface area (Å²) < 4.78 is 15.4. The standard InChI is InChI=1S/C14H11FO2S/c15-10-4-9(7-17)14-12(5-10)11-3-1-2-8(6-16)13(11)18-14/h1-5,16-17H,6-7H2. The van der Waals surface area contributed by atoms with Crippen molar-refractivity contribution in [3.8, 4) is 0 Å². The van der Waals surface area contributed by atoms with Crippen LogP contribution in [0.25, 0.3) is 20.2 Å². The van der Waals surface area contributed by atoms with Gasteiger partial charge in [0.2, 0.25) is 0 Å². The molecule has 0 amide bonds. The number of rotatable bonds is 2. The zero-order valence-electron chi connectivity index (χ0n) is 9.48. The summed E-state index contributed by atoms with van der Waals surface area (Å²) in [7, 11) is 0. The van der Waals surface area contributed by atoms with Gasteiger partial charge in [0.15, 0.2) is 0 Å². The Hall–Kier alpha value is -1.49. The summed E-state index contributed by atoms with van der Waals surface area (Å²) >= 11 is 1.49. The summed E-state index contributed by atoms with van der Waals surface area (Å²) in [5, 5.41) is 20.4. The second kappa shape index (κ2) is 4.31. The highest BCUT2D eigenvalue weighted by Crippen LogP contribution is 2.38. The molecular weight excluding hydrogens is 251 g/mol. The van der Waals surface area contributed by atoms with Crippen LogP contribution < -0.4 is 0 Å². The average Bonchev–Trinajstić information content (AvgIpc) is 2.76. The molecule has 0 aliphatic carbocycles. The normalized spacial score (nSPS) is 11.5. The van der Waals surface area contributed by atoms with E-state index < -0.39 is 0 Å². The van der Waals surface area contributed by atoms with Gasteiger partial charge < -0.3 is 10.2 Å². The van der Waals surface area contributed by atoms with Gasteiger partial charge in [-0.15, -0.1) is 11.3 Å². The van der Waals surface area contributed by atoms with Gasteiger partial charge >= 0.3 is 0 Å². The van der Waals surface area contributed by atoms with Crippen molar-refractivity contribution < 1.29 is 14.6 Å². The highest BCUT2D eigenvalue weighted by atomic mass is 32.1. The molecule has 3 aromatic rings. The van der Waals surface area contributed by atoms with Gasteiger partial charge in [-0.2, -0.15) is 0 Å². The van der Waals surface area contributed by atoms with Gasteiger partial charge in [0, 0.05) is 20.2 Å². The lowest BCUT2D eigenvalue weighted by atomic mass is 10.1. The quantitative estimate of drug-likeness (QED) is 0.744. The first kappa shape index (κ1) is 11.6. The number of benzene rings is 2. The molecule has 0 bridgehead atoms. The fourth-order valence-corrected chi connectivity index (χ4v) is 3.52. The molecule has 0 saturated carbocycles. The van der Waals surface area contributed by atoms with Crippen molar-refractivity contribution in [2.24, 2.45) is 0 Å². The molecule has 18 heavy (non-hydrogen) atoms. The monoisotopic (exact) mass is 262 g/mol. The maximum atomic E-state index is 13.5. The number of halogens is 1. The number of hydrogen-bond donors (Lipinski definition) is 2. The van der Waals surface area contributed by atoms with Gasteiger partial charge in [-0.1, -0.05) is 18.2 Å². The average molecular weight is 262 g/mol. The zero-order chi connectivity index (χ0) is 12.7. The lowest BCUT2D eigenvalue weighted by Gasteiger charge is -1.99. The summed E-state index contributed by atoms with van der Waals surface area (Å²) in [6.45, 7) is -0.226. The van der Waals surface area contributed by atoms with Gasteiger partial charge in [-0.25, -0.2) is 4.39 Å². The molecule has 0 atom stereocenters. The molecule has 2 aromatic carbocycles. The number of aliphatic hydroxyl groups excluding tert-OH is 2. The van der Waals surface area contributed by atoms with Crippen molar-refractivity contribution in [1.82, 2.24) is 0 Å². The molecular formula is C14H11FO2S. The van der Waals surface area contributed by atoms with Crippen molar-refractivity contribution in [3.63, 3.8) is 0 Å². The lowest BCUT2D eigenvalue weighted by molar-refractivity contribution is 0.283. The predicted molar refractivity (Wildman–Crippen MR) is 71.1 cm³/mol. The summed E-state index contributed by atoms with van der Waals surface area (Å²) in [6, 6.07) is 8.45. The van der Waals surface area contributed by atoms with Crippen LogP contribution in [0.2, 0.25) is 0 Å². The maximum absolute atomic E-state index is 13.5. The highest BCUT2D eigenvalue weighted by molar-refractivity contribution is 7.26. The Balaban J connectivity index is 2.50. The molecule has 0 spiro atoms. The zero-order valence-corrected chi connectivity index (χ0v) is 10.3. The Labute approximate surface area is 107 Å². The third kappa shape index (κ3) is 1.61. The lowest BCUT2D eigenvalue weighted by Crippen LogP contribution is -1.85. The van der Waals surface area contributed by atoms with Crippen LogP contribution in [0.4, 0.5) is 4.39 Å². The SMILES string of the molecule is OCc1cccc2c1sc1c(CO)cc(F)cc12. The molecule has 1 heterocycles. The highest BCUT2D eigenvalue weighted by Gasteiger charge is 2.12. The molecule has 2 nitrogen and oxygen atoms in total. The second-order valence-corrected chi connectivity index (χ2v) is 5.17. The Kier molecular flexibility index (Phi) is 2.78. The summed E-state index contributed by atoms with van der Waals surface area (Å²) in [6.07, 6.45) is 0. The van der Waals surface area contributed by atoms with Gasteiger partial charge in [0.1, 0.15) is 5.82 Å². The smallest absolute Gasteiger partial charge is 0.124 e. The van der Waals surface area contributed by atoms with E-state index in [-0.39, 0.29) is 19.0 Å². The van der Waals surface area contributed by atoms with Crippen molar-refractivity contribution in [2.45, 2.75) is 13.2 Å². The minimum Gasteiger partial charge on any atom is -0.392 e. The van der Waals surface area contributed by atoms with Gasteiger partial charge in [-0.3, -0.25) is 0 Å². The van der Waals surface area contributed by atoms with E-state index in [0.717, 1.165) is 25.7 Å². The van der Waals surface area contributed by atoms with Crippen LogP contribution in [0.1, 0.15) is 11.1 Å². The maximum Gasteiger partial charge on any atom is 0.124 e. The molecule has 0 aliphatic rings. The van der Waals surface area contributed by atoms with Gasteiger partial charge in [-0.05, 0) is 23.3 Å².